The van der Waals surface area contributed by atoms with Gasteiger partial charge in [-0.1, -0.05) is 77.3 Å². The lowest BCUT2D eigenvalue weighted by Gasteiger charge is -2.07. The minimum Gasteiger partial charge on any atom is -0.343 e. The van der Waals surface area contributed by atoms with Crippen LogP contribution in [0.15, 0.2) is 72.9 Å². The van der Waals surface area contributed by atoms with Gasteiger partial charge in [0.05, 0.1) is 0 Å². The maximum atomic E-state index is 6.28. The van der Waals surface area contributed by atoms with Crippen molar-refractivity contribution in [3.63, 3.8) is 0 Å². The lowest BCUT2D eigenvalue weighted by molar-refractivity contribution is 0.686. The molecule has 29 heavy (non-hydrogen) atoms. The third-order valence-corrected chi connectivity index (χ3v) is 5.80. The minimum absolute atomic E-state index is 0.674. The highest BCUT2D eigenvalue weighted by Crippen LogP contribution is 2.23. The fourth-order valence-electron chi connectivity index (χ4n) is 3.77. The van der Waals surface area contributed by atoms with Crippen molar-refractivity contribution >= 4 is 34.1 Å². The molecule has 0 bridgehead atoms. The second-order valence-electron chi connectivity index (χ2n) is 7.45. The Balaban J connectivity index is 1.46. The van der Waals surface area contributed by atoms with Gasteiger partial charge in [0.25, 0.3) is 0 Å². The highest BCUT2D eigenvalue weighted by molar-refractivity contribution is 6.35. The maximum Gasteiger partial charge on any atom is 0.0486 e. The molecule has 0 spiro atoms. The molecular formula is C25H24Cl2N2. The monoisotopic (exact) mass is 422 g/mol. The van der Waals surface area contributed by atoms with E-state index in [0.29, 0.717) is 5.02 Å². The van der Waals surface area contributed by atoms with Crippen molar-refractivity contribution in [1.82, 2.24) is 9.88 Å². The summed E-state index contributed by atoms with van der Waals surface area (Å²) in [5.41, 5.74) is 6.32. The van der Waals surface area contributed by atoms with Crippen LogP contribution in [0, 0.1) is 6.92 Å². The van der Waals surface area contributed by atoms with Crippen LogP contribution in [0.2, 0.25) is 10.0 Å². The Labute approximate surface area is 182 Å². The van der Waals surface area contributed by atoms with Crippen molar-refractivity contribution in [3.05, 3.63) is 105 Å². The van der Waals surface area contributed by atoms with E-state index in [1.807, 2.05) is 12.1 Å². The first kappa shape index (κ1) is 20.0. The number of aromatic nitrogens is 1. The molecule has 0 aliphatic rings. The molecule has 3 aromatic carbocycles. The molecule has 0 saturated heterocycles. The van der Waals surface area contributed by atoms with Crippen LogP contribution in [0.25, 0.3) is 10.9 Å². The van der Waals surface area contributed by atoms with Crippen LogP contribution in [-0.4, -0.2) is 11.1 Å². The van der Waals surface area contributed by atoms with Gasteiger partial charge < -0.3 is 9.88 Å². The smallest absolute Gasteiger partial charge is 0.0486 e. The van der Waals surface area contributed by atoms with Crippen molar-refractivity contribution < 1.29 is 0 Å². The second-order valence-corrected chi connectivity index (χ2v) is 8.29. The molecular weight excluding hydrogens is 399 g/mol. The molecule has 4 rings (SSSR count). The summed E-state index contributed by atoms with van der Waals surface area (Å²) in [6.07, 6.45) is 3.15. The number of nitrogens with zero attached hydrogens (tertiary/aromatic N) is 1. The zero-order chi connectivity index (χ0) is 20.2. The normalized spacial score (nSPS) is 11.3. The van der Waals surface area contributed by atoms with Gasteiger partial charge in [0.2, 0.25) is 0 Å². The third-order valence-electron chi connectivity index (χ3n) is 5.21. The van der Waals surface area contributed by atoms with E-state index in [4.69, 9.17) is 23.2 Å². The summed E-state index contributed by atoms with van der Waals surface area (Å²) in [6, 6.07) is 23.0. The standard InChI is InChI=1S/C25H24Cl2N2/c1-18-5-4-6-19(13-18)16-29-17-21(23-7-2-3-8-25(23)29)15-28-12-11-20-9-10-22(26)14-24(20)27/h2-10,13-14,17,28H,11-12,15-16H2,1H3. The zero-order valence-electron chi connectivity index (χ0n) is 16.5. The van der Waals surface area contributed by atoms with Crippen LogP contribution in [0.3, 0.4) is 0 Å². The Morgan fingerprint density at radius 1 is 0.897 bits per heavy atom. The lowest BCUT2D eigenvalue weighted by Crippen LogP contribution is -2.16. The van der Waals surface area contributed by atoms with Gasteiger partial charge in [0.1, 0.15) is 0 Å². The Kier molecular flexibility index (Phi) is 6.25. The van der Waals surface area contributed by atoms with E-state index in [2.05, 4.69) is 71.5 Å². The van der Waals surface area contributed by atoms with Gasteiger partial charge in [-0.05, 0) is 54.8 Å². The fraction of sp³-hybridized carbons (Fsp3) is 0.200. The van der Waals surface area contributed by atoms with Gasteiger partial charge in [0.15, 0.2) is 0 Å². The molecule has 2 nitrogen and oxygen atoms in total. The van der Waals surface area contributed by atoms with Crippen LogP contribution in [0.1, 0.15) is 22.3 Å². The van der Waals surface area contributed by atoms with E-state index < -0.39 is 0 Å². The Bertz CT molecular complexity index is 1130. The van der Waals surface area contributed by atoms with Gasteiger partial charge in [-0.3, -0.25) is 0 Å². The highest BCUT2D eigenvalue weighted by atomic mass is 35.5. The first-order chi connectivity index (χ1) is 14.1. The van der Waals surface area contributed by atoms with E-state index in [1.54, 1.807) is 6.07 Å². The van der Waals surface area contributed by atoms with E-state index in [1.165, 1.54) is 27.6 Å². The Hall–Kier alpha value is -2.26. The summed E-state index contributed by atoms with van der Waals surface area (Å²) in [4.78, 5) is 0. The average molecular weight is 423 g/mol. The summed E-state index contributed by atoms with van der Waals surface area (Å²) >= 11 is 12.3. The van der Waals surface area contributed by atoms with Gasteiger partial charge in [-0.2, -0.15) is 0 Å². The number of benzene rings is 3. The number of hydrogen-bond donors (Lipinski definition) is 1. The largest absolute Gasteiger partial charge is 0.343 e. The number of para-hydroxylation sites is 1. The van der Waals surface area contributed by atoms with Crippen molar-refractivity contribution in [2.45, 2.75) is 26.4 Å². The number of fused-ring (bicyclic) bond motifs is 1. The lowest BCUT2D eigenvalue weighted by atomic mass is 10.1. The number of rotatable bonds is 7. The van der Waals surface area contributed by atoms with Gasteiger partial charge in [-0.25, -0.2) is 0 Å². The maximum absolute atomic E-state index is 6.28. The minimum atomic E-state index is 0.674. The third kappa shape index (κ3) is 4.84. The van der Waals surface area contributed by atoms with Crippen LogP contribution < -0.4 is 5.32 Å². The Morgan fingerprint density at radius 2 is 1.76 bits per heavy atom. The van der Waals surface area contributed by atoms with Crippen molar-refractivity contribution in [1.29, 1.82) is 0 Å². The fourth-order valence-corrected chi connectivity index (χ4v) is 4.28. The summed E-state index contributed by atoms with van der Waals surface area (Å²) in [5.74, 6) is 0. The molecule has 4 heteroatoms. The quantitative estimate of drug-likeness (QED) is 0.330. The number of aryl methyl sites for hydroxylation is 1. The molecule has 0 fully saturated rings. The van der Waals surface area contributed by atoms with Crippen LogP contribution in [0.5, 0.6) is 0 Å². The van der Waals surface area contributed by atoms with E-state index >= 15 is 0 Å². The molecule has 1 heterocycles. The molecule has 4 aromatic rings. The molecule has 1 aromatic heterocycles. The highest BCUT2D eigenvalue weighted by Gasteiger charge is 2.09. The van der Waals surface area contributed by atoms with Crippen LogP contribution in [-0.2, 0) is 19.5 Å². The molecule has 148 valence electrons. The molecule has 0 aliphatic heterocycles. The molecule has 0 radical (unpaired) electrons. The topological polar surface area (TPSA) is 17.0 Å². The van der Waals surface area contributed by atoms with Crippen molar-refractivity contribution in [2.75, 3.05) is 6.54 Å². The zero-order valence-corrected chi connectivity index (χ0v) is 18.0. The summed E-state index contributed by atoms with van der Waals surface area (Å²) in [6.45, 7) is 4.70. The van der Waals surface area contributed by atoms with Gasteiger partial charge in [0, 0.05) is 40.2 Å². The summed E-state index contributed by atoms with van der Waals surface area (Å²) in [7, 11) is 0. The summed E-state index contributed by atoms with van der Waals surface area (Å²) < 4.78 is 2.34. The predicted octanol–water partition coefficient (Wildman–Crippen LogP) is 6.64. The van der Waals surface area contributed by atoms with E-state index in [0.717, 1.165) is 36.6 Å². The van der Waals surface area contributed by atoms with Crippen LogP contribution in [0.4, 0.5) is 0 Å². The molecule has 1 N–H and O–H groups in total. The molecule has 0 amide bonds. The van der Waals surface area contributed by atoms with Crippen molar-refractivity contribution in [2.24, 2.45) is 0 Å². The molecule has 0 saturated carbocycles. The van der Waals surface area contributed by atoms with Crippen molar-refractivity contribution in [3.8, 4) is 0 Å². The van der Waals surface area contributed by atoms with Crippen LogP contribution >= 0.6 is 23.2 Å². The average Bonchev–Trinajstić information content (AvgIpc) is 3.04. The predicted molar refractivity (Wildman–Crippen MR) is 124 cm³/mol. The molecule has 0 atom stereocenters. The molecule has 0 unspecified atom stereocenters. The number of nitrogens with one attached hydrogen (secondary N) is 1. The first-order valence-corrected chi connectivity index (χ1v) is 10.6. The Morgan fingerprint density at radius 3 is 2.59 bits per heavy atom. The number of halogens is 2. The summed E-state index contributed by atoms with van der Waals surface area (Å²) in [5, 5.41) is 6.27. The first-order valence-electron chi connectivity index (χ1n) is 9.87. The molecule has 0 aliphatic carbocycles. The number of hydrogen-bond acceptors (Lipinski definition) is 1. The van der Waals surface area contributed by atoms with Gasteiger partial charge >= 0.3 is 0 Å². The van der Waals surface area contributed by atoms with E-state index in [9.17, 15) is 0 Å². The second kappa shape index (κ2) is 9.04. The van der Waals surface area contributed by atoms with Gasteiger partial charge in [-0.15, -0.1) is 0 Å². The SMILES string of the molecule is Cc1cccc(Cn2cc(CNCCc3ccc(Cl)cc3Cl)c3ccccc32)c1. The van der Waals surface area contributed by atoms with E-state index in [-0.39, 0.29) is 0 Å².